The molecule has 1 heterocycles. The molecule has 0 radical (unpaired) electrons. The number of nitriles is 1. The van der Waals surface area contributed by atoms with E-state index in [9.17, 15) is 14.4 Å². The molecule has 2 amide bonds. The van der Waals surface area contributed by atoms with Crippen LogP contribution in [0.25, 0.3) is 6.08 Å². The average molecular weight is 533 g/mol. The number of nitrogens with one attached hydrogen (secondary N) is 1. The predicted molar refractivity (Wildman–Crippen MR) is 157 cm³/mol. The van der Waals surface area contributed by atoms with Gasteiger partial charge in [-0.1, -0.05) is 48.9 Å². The largest absolute Gasteiger partial charge is 0.404 e. The molecule has 0 spiro atoms. The van der Waals surface area contributed by atoms with E-state index in [4.69, 9.17) is 11.0 Å². The van der Waals surface area contributed by atoms with Crippen LogP contribution < -0.4 is 16.0 Å². The zero-order valence-corrected chi connectivity index (χ0v) is 23.7. The van der Waals surface area contributed by atoms with Crippen LogP contribution in [0.3, 0.4) is 0 Å². The van der Waals surface area contributed by atoms with Gasteiger partial charge in [0.25, 0.3) is 0 Å². The van der Waals surface area contributed by atoms with Gasteiger partial charge in [0.1, 0.15) is 23.9 Å². The molecule has 1 aromatic carbocycles. The molecule has 0 saturated heterocycles. The smallest absolute Gasteiger partial charge is 0.215 e. The monoisotopic (exact) mass is 532 g/mol. The lowest BCUT2D eigenvalue weighted by molar-refractivity contribution is -0.109. The molecule has 0 saturated carbocycles. The highest BCUT2D eigenvalue weighted by atomic mass is 16.1. The summed E-state index contributed by atoms with van der Waals surface area (Å²) in [5, 5.41) is 11.1. The van der Waals surface area contributed by atoms with Crippen molar-refractivity contribution in [1.29, 1.82) is 5.26 Å². The number of rotatable bonds is 11. The number of benzene rings is 1. The maximum atomic E-state index is 11.5. The summed E-state index contributed by atoms with van der Waals surface area (Å²) in [5.74, 6) is 0.566. The minimum Gasteiger partial charge on any atom is -0.404 e. The van der Waals surface area contributed by atoms with E-state index >= 15 is 0 Å². The van der Waals surface area contributed by atoms with Gasteiger partial charge >= 0.3 is 0 Å². The Bertz CT molecular complexity index is 1160. The van der Waals surface area contributed by atoms with Gasteiger partial charge in [-0.05, 0) is 77.2 Å². The highest BCUT2D eigenvalue weighted by Crippen LogP contribution is 2.17. The minimum absolute atomic E-state index is 0.147. The molecule has 0 aliphatic heterocycles. The van der Waals surface area contributed by atoms with Crippen LogP contribution in [0.2, 0.25) is 0 Å². The van der Waals surface area contributed by atoms with Crippen LogP contribution in [0.1, 0.15) is 42.7 Å². The van der Waals surface area contributed by atoms with Crippen molar-refractivity contribution < 1.29 is 14.4 Å². The van der Waals surface area contributed by atoms with Gasteiger partial charge in [0.05, 0.1) is 6.54 Å². The van der Waals surface area contributed by atoms with Gasteiger partial charge in [-0.15, -0.1) is 0 Å². The Hall–Kier alpha value is -4.55. The summed E-state index contributed by atoms with van der Waals surface area (Å²) in [5.41, 5.74) is 9.38. The number of aryl methyl sites for hydroxylation is 2. The van der Waals surface area contributed by atoms with Crippen molar-refractivity contribution in [3.8, 4) is 6.07 Å². The lowest BCUT2D eigenvalue weighted by atomic mass is 10.1. The number of amides is 2. The Morgan fingerprint density at radius 3 is 2.18 bits per heavy atom. The van der Waals surface area contributed by atoms with Crippen molar-refractivity contribution in [2.75, 3.05) is 25.5 Å². The number of aromatic nitrogens is 1. The van der Waals surface area contributed by atoms with Crippen molar-refractivity contribution in [1.82, 2.24) is 15.2 Å². The van der Waals surface area contributed by atoms with Crippen molar-refractivity contribution in [3.05, 3.63) is 88.4 Å². The maximum absolute atomic E-state index is 11.5. The zero-order chi connectivity index (χ0) is 29.6. The number of pyridine rings is 1. The molecule has 2 rings (SSSR count). The topological polar surface area (TPSA) is 132 Å². The molecule has 1 aromatic heterocycles. The molecule has 9 nitrogen and oxygen atoms in total. The summed E-state index contributed by atoms with van der Waals surface area (Å²) in [6.45, 7) is 9.34. The normalized spacial score (nSPS) is 10.9. The van der Waals surface area contributed by atoms with Crippen molar-refractivity contribution >= 4 is 31.0 Å². The fourth-order valence-corrected chi connectivity index (χ4v) is 2.87. The summed E-state index contributed by atoms with van der Waals surface area (Å²) in [4.78, 5) is 39.7. The van der Waals surface area contributed by atoms with Gasteiger partial charge in [-0.3, -0.25) is 19.3 Å². The third-order valence-corrected chi connectivity index (χ3v) is 5.00. The molecule has 208 valence electrons. The van der Waals surface area contributed by atoms with Gasteiger partial charge in [0.2, 0.25) is 12.8 Å². The number of hydrogen-bond donors (Lipinski definition) is 2. The highest BCUT2D eigenvalue weighted by molar-refractivity contribution is 5.73. The fourth-order valence-electron chi connectivity index (χ4n) is 2.87. The summed E-state index contributed by atoms with van der Waals surface area (Å²) in [6.07, 6.45) is 9.39. The first-order valence-corrected chi connectivity index (χ1v) is 12.4. The Balaban J connectivity index is 0.00000100. The van der Waals surface area contributed by atoms with E-state index in [2.05, 4.69) is 36.2 Å². The van der Waals surface area contributed by atoms with E-state index in [0.717, 1.165) is 23.2 Å². The number of nitrogens with two attached hydrogens (primary N) is 1. The number of allylic oxidation sites excluding steroid dienone is 4. The molecule has 0 aliphatic rings. The molecular weight excluding hydrogens is 492 g/mol. The minimum atomic E-state index is 0.147. The Morgan fingerprint density at radius 2 is 1.77 bits per heavy atom. The van der Waals surface area contributed by atoms with Gasteiger partial charge in [-0.25, -0.2) is 4.98 Å². The molecular formula is C30H40N6O3. The molecule has 0 unspecified atom stereocenters. The van der Waals surface area contributed by atoms with Gasteiger partial charge < -0.3 is 16.0 Å². The van der Waals surface area contributed by atoms with E-state index in [-0.39, 0.29) is 5.70 Å². The van der Waals surface area contributed by atoms with Gasteiger partial charge in [0, 0.05) is 17.5 Å². The summed E-state index contributed by atoms with van der Waals surface area (Å²) in [6, 6.07) is 13.5. The van der Waals surface area contributed by atoms with Crippen molar-refractivity contribution in [2.45, 2.75) is 40.7 Å². The Morgan fingerprint density at radius 1 is 1.10 bits per heavy atom. The number of carbonyl (C=O) groups is 3. The molecule has 0 bridgehead atoms. The Labute approximate surface area is 232 Å². The molecule has 39 heavy (non-hydrogen) atoms. The molecule has 0 aliphatic carbocycles. The van der Waals surface area contributed by atoms with Crippen LogP contribution in [0.5, 0.6) is 0 Å². The fraction of sp³-hybridized carbons (Fsp3) is 0.300. The first kappa shape index (κ1) is 34.5. The Kier molecular flexibility index (Phi) is 18.1. The summed E-state index contributed by atoms with van der Waals surface area (Å²) < 4.78 is 0. The predicted octanol–water partition coefficient (Wildman–Crippen LogP) is 4.03. The maximum Gasteiger partial charge on any atom is 0.215 e. The van der Waals surface area contributed by atoms with E-state index in [1.165, 1.54) is 30.8 Å². The number of nitrogens with zero attached hydrogens (tertiary/aromatic N) is 4. The SMILES string of the molecule is C/C(C=O)=C\N.CCCN(C)C.Cc1ccc(CN(C=O)c2ccc(/C=C\C=C(\C#N)NC=O)c(C)n2)cc1. The second kappa shape index (κ2) is 20.5. The van der Waals surface area contributed by atoms with Crippen LogP contribution in [-0.4, -0.2) is 49.6 Å². The van der Waals surface area contributed by atoms with E-state index < -0.39 is 0 Å². The molecule has 3 N–H and O–H groups in total. The van der Waals surface area contributed by atoms with Crippen molar-refractivity contribution in [3.63, 3.8) is 0 Å². The first-order chi connectivity index (χ1) is 18.6. The zero-order valence-electron chi connectivity index (χ0n) is 23.7. The quantitative estimate of drug-likeness (QED) is 0.193. The van der Waals surface area contributed by atoms with Crippen molar-refractivity contribution in [2.24, 2.45) is 5.73 Å². The van der Waals surface area contributed by atoms with Gasteiger partial charge in [-0.2, -0.15) is 5.26 Å². The van der Waals surface area contributed by atoms with Crippen LogP contribution in [0.4, 0.5) is 5.82 Å². The third-order valence-electron chi connectivity index (χ3n) is 5.00. The van der Waals surface area contributed by atoms with E-state index in [1.54, 1.807) is 30.0 Å². The standard InChI is InChI=1S/C21H20N4O2.C5H13N.C4H7NO/c1-16-6-8-18(9-7-16)13-25(15-27)21-11-10-19(17(2)24-21)4-3-5-20(12-22)23-14-26;1-4-5-6(2)3;1-4(2-5)3-6/h3-11,14-15H,13H2,1-2H3,(H,23,26);4-5H2,1-3H3;2-3H,5H2,1H3/b4-3-,20-5-;;4-2+. The van der Waals surface area contributed by atoms with Crippen LogP contribution in [0.15, 0.2) is 66.0 Å². The number of aldehydes is 1. The third kappa shape index (κ3) is 15.3. The van der Waals surface area contributed by atoms with Crippen LogP contribution >= 0.6 is 0 Å². The summed E-state index contributed by atoms with van der Waals surface area (Å²) in [7, 11) is 4.17. The highest BCUT2D eigenvalue weighted by Gasteiger charge is 2.09. The average Bonchev–Trinajstić information content (AvgIpc) is 2.93. The summed E-state index contributed by atoms with van der Waals surface area (Å²) >= 11 is 0. The van der Waals surface area contributed by atoms with Crippen LogP contribution in [-0.2, 0) is 20.9 Å². The second-order valence-electron chi connectivity index (χ2n) is 8.71. The molecule has 2 aromatic rings. The number of hydrogen-bond acceptors (Lipinski definition) is 7. The molecule has 0 atom stereocenters. The lowest BCUT2D eigenvalue weighted by Crippen LogP contribution is -2.21. The number of anilines is 1. The van der Waals surface area contributed by atoms with E-state index in [1.807, 2.05) is 50.2 Å². The van der Waals surface area contributed by atoms with E-state index in [0.29, 0.717) is 30.6 Å². The number of carbonyl (C=O) groups excluding carboxylic acids is 3. The molecule has 0 fully saturated rings. The van der Waals surface area contributed by atoms with Gasteiger partial charge in [0.15, 0.2) is 0 Å². The molecule has 9 heteroatoms. The first-order valence-electron chi connectivity index (χ1n) is 12.4. The second-order valence-corrected chi connectivity index (χ2v) is 8.71. The lowest BCUT2D eigenvalue weighted by Gasteiger charge is -2.17. The van der Waals surface area contributed by atoms with Crippen LogP contribution in [0, 0.1) is 25.2 Å².